The van der Waals surface area contributed by atoms with Crippen molar-refractivity contribution in [2.24, 2.45) is 0 Å². The van der Waals surface area contributed by atoms with Gasteiger partial charge < -0.3 is 4.98 Å². The summed E-state index contributed by atoms with van der Waals surface area (Å²) >= 11 is 0. The predicted molar refractivity (Wildman–Crippen MR) is 53.1 cm³/mol. The summed E-state index contributed by atoms with van der Waals surface area (Å²) in [5.74, 6) is -2.71. The SMILES string of the molecule is N#Cc1c(F)c[c-]c(-c2cc(F)ccn2)c1F.[Ir]. The quantitative estimate of drug-likeness (QED) is 0.659. The molecule has 18 heavy (non-hydrogen) atoms. The van der Waals surface area contributed by atoms with Gasteiger partial charge in [0, 0.05) is 31.9 Å². The van der Waals surface area contributed by atoms with Crippen LogP contribution in [0.4, 0.5) is 13.2 Å². The van der Waals surface area contributed by atoms with Crippen molar-refractivity contribution in [2.45, 2.75) is 0 Å². The molecule has 2 rings (SSSR count). The van der Waals surface area contributed by atoms with Gasteiger partial charge in [-0.2, -0.15) is 5.26 Å². The second-order valence-electron chi connectivity index (χ2n) is 3.17. The van der Waals surface area contributed by atoms with Crippen LogP contribution in [0.1, 0.15) is 5.56 Å². The van der Waals surface area contributed by atoms with Crippen molar-refractivity contribution in [1.82, 2.24) is 4.98 Å². The minimum atomic E-state index is -1.09. The van der Waals surface area contributed by atoms with E-state index in [4.69, 9.17) is 5.26 Å². The summed E-state index contributed by atoms with van der Waals surface area (Å²) in [4.78, 5) is 3.73. The van der Waals surface area contributed by atoms with Gasteiger partial charge in [0.1, 0.15) is 5.82 Å². The zero-order valence-electron chi connectivity index (χ0n) is 8.67. The Morgan fingerprint density at radius 1 is 1.28 bits per heavy atom. The average molecular weight is 425 g/mol. The first-order valence-electron chi connectivity index (χ1n) is 4.55. The molecule has 0 fully saturated rings. The Morgan fingerprint density at radius 3 is 2.61 bits per heavy atom. The summed E-state index contributed by atoms with van der Waals surface area (Å²) in [6, 6.07) is 6.59. The van der Waals surface area contributed by atoms with Crippen molar-refractivity contribution in [3.63, 3.8) is 0 Å². The molecule has 0 unspecified atom stereocenters. The van der Waals surface area contributed by atoms with E-state index in [0.29, 0.717) is 0 Å². The molecule has 1 aromatic heterocycles. The Hall–Kier alpha value is -1.70. The van der Waals surface area contributed by atoms with E-state index < -0.39 is 23.0 Å². The van der Waals surface area contributed by atoms with Gasteiger partial charge in [0.25, 0.3) is 0 Å². The van der Waals surface area contributed by atoms with E-state index in [1.165, 1.54) is 6.07 Å². The van der Waals surface area contributed by atoms with Crippen molar-refractivity contribution in [2.75, 3.05) is 0 Å². The standard InChI is InChI=1S/C12H4F3N2.Ir/c13-7-3-4-17-11(5-7)8-1-2-10(14)9(6-16)12(8)15;/h2-5H;/q-1;. The molecule has 6 heteroatoms. The Morgan fingerprint density at radius 2 is 2.00 bits per heavy atom. The molecule has 0 aliphatic rings. The number of rotatable bonds is 1. The third kappa shape index (κ3) is 2.58. The molecule has 0 aliphatic heterocycles. The zero-order chi connectivity index (χ0) is 12.4. The fraction of sp³-hybridized carbons (Fsp3) is 0. The van der Waals surface area contributed by atoms with Crippen LogP contribution < -0.4 is 0 Å². The minimum absolute atomic E-state index is 0. The van der Waals surface area contributed by atoms with Crippen molar-refractivity contribution >= 4 is 0 Å². The third-order valence-corrected chi connectivity index (χ3v) is 2.11. The Bertz CT molecular complexity index is 623. The second-order valence-corrected chi connectivity index (χ2v) is 3.17. The monoisotopic (exact) mass is 426 g/mol. The summed E-state index contributed by atoms with van der Waals surface area (Å²) in [6.45, 7) is 0. The number of nitrogens with zero attached hydrogens (tertiary/aromatic N) is 2. The fourth-order valence-corrected chi connectivity index (χ4v) is 1.33. The molecule has 2 nitrogen and oxygen atoms in total. The number of hydrogen-bond acceptors (Lipinski definition) is 2. The van der Waals surface area contributed by atoms with Crippen LogP contribution in [0.2, 0.25) is 0 Å². The molecule has 93 valence electrons. The summed E-state index contributed by atoms with van der Waals surface area (Å²) < 4.78 is 39.7. The normalized spacial score (nSPS) is 9.44. The van der Waals surface area contributed by atoms with Gasteiger partial charge in [-0.25, -0.2) is 4.39 Å². The predicted octanol–water partition coefficient (Wildman–Crippen LogP) is 2.84. The molecule has 1 aromatic carbocycles. The fourth-order valence-electron chi connectivity index (χ4n) is 1.33. The Labute approximate surface area is 114 Å². The topological polar surface area (TPSA) is 36.7 Å². The molecule has 2 aromatic rings. The maximum Gasteiger partial charge on any atom is 0.117 e. The van der Waals surface area contributed by atoms with Crippen LogP contribution in [-0.4, -0.2) is 4.98 Å². The molecule has 0 bridgehead atoms. The summed E-state index contributed by atoms with van der Waals surface area (Å²) in [6.07, 6.45) is 1.15. The number of halogens is 3. The Balaban J connectivity index is 0.00000162. The van der Waals surface area contributed by atoms with Crippen LogP contribution in [-0.2, 0) is 20.1 Å². The first kappa shape index (κ1) is 14.4. The summed E-state index contributed by atoms with van der Waals surface area (Å²) in [7, 11) is 0. The van der Waals surface area contributed by atoms with Crippen LogP contribution in [0, 0.1) is 34.8 Å². The van der Waals surface area contributed by atoms with Crippen molar-refractivity contribution in [1.29, 1.82) is 5.26 Å². The smallest absolute Gasteiger partial charge is 0.117 e. The van der Waals surface area contributed by atoms with E-state index in [9.17, 15) is 13.2 Å². The van der Waals surface area contributed by atoms with Crippen molar-refractivity contribution in [3.8, 4) is 17.3 Å². The van der Waals surface area contributed by atoms with Gasteiger partial charge in [-0.1, -0.05) is 5.56 Å². The van der Waals surface area contributed by atoms with E-state index in [-0.39, 0.29) is 31.4 Å². The van der Waals surface area contributed by atoms with Gasteiger partial charge in [-0.3, -0.25) is 8.78 Å². The zero-order valence-corrected chi connectivity index (χ0v) is 11.1. The number of pyridine rings is 1. The van der Waals surface area contributed by atoms with E-state index in [1.807, 2.05) is 0 Å². The first-order chi connectivity index (χ1) is 8.13. The molecular weight excluding hydrogens is 421 g/mol. The minimum Gasteiger partial charge on any atom is -0.304 e. The molecule has 1 heterocycles. The third-order valence-electron chi connectivity index (χ3n) is 2.11. The molecule has 1 radical (unpaired) electrons. The number of hydrogen-bond donors (Lipinski definition) is 0. The van der Waals surface area contributed by atoms with Gasteiger partial charge in [-0.15, -0.1) is 12.1 Å². The van der Waals surface area contributed by atoms with E-state index in [1.54, 1.807) is 0 Å². The molecular formula is C12H4F3IrN2-. The molecule has 0 aliphatic carbocycles. The van der Waals surface area contributed by atoms with Gasteiger partial charge >= 0.3 is 0 Å². The Kier molecular flexibility index (Phi) is 4.60. The van der Waals surface area contributed by atoms with Gasteiger partial charge in [0.15, 0.2) is 0 Å². The van der Waals surface area contributed by atoms with Crippen molar-refractivity contribution in [3.05, 3.63) is 53.5 Å². The number of aromatic nitrogens is 1. The van der Waals surface area contributed by atoms with Gasteiger partial charge in [0.2, 0.25) is 0 Å². The average Bonchev–Trinajstić information content (AvgIpc) is 2.29. The molecule has 0 saturated carbocycles. The van der Waals surface area contributed by atoms with Crippen LogP contribution >= 0.6 is 0 Å². The number of benzene rings is 1. The molecule has 0 amide bonds. The number of nitriles is 1. The largest absolute Gasteiger partial charge is 0.304 e. The van der Waals surface area contributed by atoms with Crippen LogP contribution in [0.5, 0.6) is 0 Å². The van der Waals surface area contributed by atoms with E-state index >= 15 is 0 Å². The van der Waals surface area contributed by atoms with E-state index in [0.717, 1.165) is 24.4 Å². The molecule has 0 saturated heterocycles. The maximum absolute atomic E-state index is 13.7. The first-order valence-corrected chi connectivity index (χ1v) is 4.55. The van der Waals surface area contributed by atoms with Crippen molar-refractivity contribution < 1.29 is 33.3 Å². The summed E-state index contributed by atoms with van der Waals surface area (Å²) in [5, 5.41) is 8.59. The maximum atomic E-state index is 13.7. The molecule has 0 atom stereocenters. The van der Waals surface area contributed by atoms with E-state index in [2.05, 4.69) is 11.1 Å². The second kappa shape index (κ2) is 5.76. The van der Waals surface area contributed by atoms with Gasteiger partial charge in [-0.05, 0) is 17.8 Å². The van der Waals surface area contributed by atoms with Gasteiger partial charge in [0.05, 0.1) is 17.7 Å². The van der Waals surface area contributed by atoms with Crippen LogP contribution in [0.25, 0.3) is 11.3 Å². The molecule has 0 spiro atoms. The van der Waals surface area contributed by atoms with Crippen LogP contribution in [0.3, 0.4) is 0 Å². The van der Waals surface area contributed by atoms with Crippen LogP contribution in [0.15, 0.2) is 24.4 Å². The summed E-state index contributed by atoms with van der Waals surface area (Å²) in [5.41, 5.74) is -1.01. The molecule has 0 N–H and O–H groups in total.